The van der Waals surface area contributed by atoms with Gasteiger partial charge in [-0.25, -0.2) is 13.1 Å². The first-order valence-corrected chi connectivity index (χ1v) is 9.17. The topological polar surface area (TPSA) is 82.6 Å². The maximum absolute atomic E-state index is 10.9. The Balaban J connectivity index is 0.00000400. The number of halogens is 1. The van der Waals surface area contributed by atoms with Gasteiger partial charge in [-0.1, -0.05) is 6.92 Å². The first-order chi connectivity index (χ1) is 9.42. The number of nitrogens with zero attached hydrogens (tertiary/aromatic N) is 1. The van der Waals surface area contributed by atoms with Crippen LogP contribution in [0.3, 0.4) is 0 Å². The van der Waals surface area contributed by atoms with Gasteiger partial charge in [0.05, 0.1) is 6.26 Å². The molecule has 0 amide bonds. The van der Waals surface area contributed by atoms with E-state index in [1.54, 1.807) is 18.4 Å². The fourth-order valence-corrected chi connectivity index (χ4v) is 2.82. The number of thiophene rings is 1. The highest BCUT2D eigenvalue weighted by Crippen LogP contribution is 2.16. The van der Waals surface area contributed by atoms with E-state index in [2.05, 4.69) is 44.1 Å². The van der Waals surface area contributed by atoms with E-state index in [9.17, 15) is 8.42 Å². The summed E-state index contributed by atoms with van der Waals surface area (Å²) in [7, 11) is -1.44. The van der Waals surface area contributed by atoms with Crippen molar-refractivity contribution in [1.82, 2.24) is 15.4 Å². The lowest BCUT2D eigenvalue weighted by Gasteiger charge is -2.15. The number of guanidine groups is 1. The van der Waals surface area contributed by atoms with Crippen LogP contribution in [0.4, 0.5) is 0 Å². The number of hydrogen-bond acceptors (Lipinski definition) is 4. The normalized spacial score (nSPS) is 13.4. The molecule has 0 aliphatic carbocycles. The van der Waals surface area contributed by atoms with E-state index in [1.165, 1.54) is 5.56 Å². The third-order valence-corrected chi connectivity index (χ3v) is 4.12. The maximum atomic E-state index is 10.9. The van der Waals surface area contributed by atoms with Crippen molar-refractivity contribution in [2.45, 2.75) is 12.8 Å². The first-order valence-electron chi connectivity index (χ1n) is 6.33. The summed E-state index contributed by atoms with van der Waals surface area (Å²) in [5.41, 5.74) is 1.30. The highest BCUT2D eigenvalue weighted by Gasteiger charge is 2.07. The van der Waals surface area contributed by atoms with Crippen LogP contribution in [0.2, 0.25) is 0 Å². The summed E-state index contributed by atoms with van der Waals surface area (Å²) in [5.74, 6) is 1.07. The fraction of sp³-hybridized carbons (Fsp3) is 0.583. The molecular formula is C12H23IN4O2S2. The van der Waals surface area contributed by atoms with Gasteiger partial charge in [0.15, 0.2) is 5.96 Å². The van der Waals surface area contributed by atoms with E-state index in [-0.39, 0.29) is 24.0 Å². The summed E-state index contributed by atoms with van der Waals surface area (Å²) >= 11 is 1.69. The van der Waals surface area contributed by atoms with Crippen molar-refractivity contribution < 1.29 is 8.42 Å². The van der Waals surface area contributed by atoms with Gasteiger partial charge in [-0.3, -0.25) is 4.99 Å². The van der Waals surface area contributed by atoms with Crippen LogP contribution in [0.25, 0.3) is 0 Å². The van der Waals surface area contributed by atoms with Crippen LogP contribution in [0, 0.1) is 0 Å². The van der Waals surface area contributed by atoms with Gasteiger partial charge >= 0.3 is 0 Å². The van der Waals surface area contributed by atoms with Crippen molar-refractivity contribution in [3.8, 4) is 0 Å². The molecule has 0 fully saturated rings. The Bertz CT molecular complexity index is 517. The van der Waals surface area contributed by atoms with Crippen molar-refractivity contribution in [3.63, 3.8) is 0 Å². The van der Waals surface area contributed by atoms with Crippen LogP contribution < -0.4 is 15.4 Å². The zero-order valence-electron chi connectivity index (χ0n) is 12.4. The molecule has 0 saturated heterocycles. The average Bonchev–Trinajstić information content (AvgIpc) is 2.90. The van der Waals surface area contributed by atoms with Gasteiger partial charge in [-0.2, -0.15) is 11.3 Å². The zero-order chi connectivity index (χ0) is 15.0. The molecule has 1 aromatic rings. The molecule has 1 aromatic heterocycles. The highest BCUT2D eigenvalue weighted by atomic mass is 127. The lowest BCUT2D eigenvalue weighted by Crippen LogP contribution is -2.42. The molecule has 0 aliphatic heterocycles. The molecule has 0 aromatic carbocycles. The Labute approximate surface area is 147 Å². The second-order valence-corrected chi connectivity index (χ2v) is 7.12. The molecule has 6 nitrogen and oxygen atoms in total. The van der Waals surface area contributed by atoms with Crippen molar-refractivity contribution in [2.75, 3.05) is 32.9 Å². The van der Waals surface area contributed by atoms with Gasteiger partial charge in [0.1, 0.15) is 0 Å². The van der Waals surface area contributed by atoms with E-state index in [4.69, 9.17) is 0 Å². The minimum Gasteiger partial charge on any atom is -0.356 e. The summed E-state index contributed by atoms with van der Waals surface area (Å²) in [5, 5.41) is 10.5. The van der Waals surface area contributed by atoms with Crippen LogP contribution >= 0.6 is 35.3 Å². The van der Waals surface area contributed by atoms with Crippen molar-refractivity contribution >= 4 is 51.3 Å². The Morgan fingerprint density at radius 1 is 1.38 bits per heavy atom. The predicted molar refractivity (Wildman–Crippen MR) is 100 cm³/mol. The fourth-order valence-electron chi connectivity index (χ4n) is 1.56. The van der Waals surface area contributed by atoms with Crippen LogP contribution in [0.1, 0.15) is 18.4 Å². The number of aliphatic imine (C=N–C) groups is 1. The van der Waals surface area contributed by atoms with E-state index >= 15 is 0 Å². The number of nitrogens with one attached hydrogen (secondary N) is 3. The van der Waals surface area contributed by atoms with Crippen LogP contribution in [-0.4, -0.2) is 47.3 Å². The Morgan fingerprint density at radius 2 is 2.10 bits per heavy atom. The number of rotatable bonds is 7. The standard InChI is InChI=1S/C12H22N4O2S2.HI/c1-10(11-4-7-19-9-11)8-15-12(13-2)14-5-6-16-20(3,17)18;/h4,7,9-10,16H,5-6,8H2,1-3H3,(H2,13,14,15);1H. The molecule has 1 heterocycles. The lowest BCUT2D eigenvalue weighted by molar-refractivity contribution is 0.586. The van der Waals surface area contributed by atoms with Crippen molar-refractivity contribution in [1.29, 1.82) is 0 Å². The van der Waals surface area contributed by atoms with E-state index in [0.29, 0.717) is 25.0 Å². The molecule has 9 heteroatoms. The van der Waals surface area contributed by atoms with Crippen molar-refractivity contribution in [2.24, 2.45) is 4.99 Å². The van der Waals surface area contributed by atoms with Gasteiger partial charge in [-0.15, -0.1) is 24.0 Å². The Morgan fingerprint density at radius 3 is 2.62 bits per heavy atom. The van der Waals surface area contributed by atoms with E-state index in [0.717, 1.165) is 12.8 Å². The molecule has 0 spiro atoms. The van der Waals surface area contributed by atoms with Crippen LogP contribution in [-0.2, 0) is 10.0 Å². The Kier molecular flexibility index (Phi) is 10.2. The second kappa shape index (κ2) is 10.4. The second-order valence-electron chi connectivity index (χ2n) is 4.50. The van der Waals surface area contributed by atoms with Crippen LogP contribution in [0.15, 0.2) is 21.8 Å². The van der Waals surface area contributed by atoms with Crippen LogP contribution in [0.5, 0.6) is 0 Å². The third kappa shape index (κ3) is 9.27. The molecular weight excluding hydrogens is 423 g/mol. The molecule has 0 bridgehead atoms. The molecule has 0 radical (unpaired) electrons. The number of hydrogen-bond donors (Lipinski definition) is 3. The smallest absolute Gasteiger partial charge is 0.208 e. The average molecular weight is 446 g/mol. The lowest BCUT2D eigenvalue weighted by atomic mass is 10.1. The third-order valence-electron chi connectivity index (χ3n) is 2.69. The Hall–Kier alpha value is -0.390. The van der Waals surface area contributed by atoms with Gasteiger partial charge in [0.2, 0.25) is 10.0 Å². The number of sulfonamides is 1. The van der Waals surface area contributed by atoms with E-state index < -0.39 is 10.0 Å². The summed E-state index contributed by atoms with van der Waals surface area (Å²) in [4.78, 5) is 4.10. The SMILES string of the molecule is CN=C(NCCNS(C)(=O)=O)NCC(C)c1ccsc1.I. The summed E-state index contributed by atoms with van der Waals surface area (Å²) < 4.78 is 24.2. The van der Waals surface area contributed by atoms with Gasteiger partial charge < -0.3 is 10.6 Å². The minimum atomic E-state index is -3.13. The zero-order valence-corrected chi connectivity index (χ0v) is 16.4. The molecule has 122 valence electrons. The molecule has 1 unspecified atom stereocenters. The molecule has 1 rings (SSSR count). The summed E-state index contributed by atoms with van der Waals surface area (Å²) in [6.07, 6.45) is 1.14. The molecule has 0 aliphatic rings. The first kappa shape index (κ1) is 20.6. The predicted octanol–water partition coefficient (Wildman–Crippen LogP) is 1.18. The van der Waals surface area contributed by atoms with Gasteiger partial charge in [0.25, 0.3) is 0 Å². The monoisotopic (exact) mass is 446 g/mol. The van der Waals surface area contributed by atoms with Crippen molar-refractivity contribution in [3.05, 3.63) is 22.4 Å². The van der Waals surface area contributed by atoms with E-state index in [1.807, 2.05) is 0 Å². The molecule has 1 atom stereocenters. The molecule has 0 saturated carbocycles. The largest absolute Gasteiger partial charge is 0.356 e. The minimum absolute atomic E-state index is 0. The molecule has 3 N–H and O–H groups in total. The summed E-state index contributed by atoms with van der Waals surface area (Å²) in [6.45, 7) is 3.74. The highest BCUT2D eigenvalue weighted by molar-refractivity contribution is 14.0. The molecule has 21 heavy (non-hydrogen) atoms. The maximum Gasteiger partial charge on any atom is 0.208 e. The van der Waals surface area contributed by atoms with Gasteiger partial charge in [-0.05, 0) is 28.3 Å². The quantitative estimate of drug-likeness (QED) is 0.254. The summed E-state index contributed by atoms with van der Waals surface area (Å²) in [6, 6.07) is 2.11. The van der Waals surface area contributed by atoms with Gasteiger partial charge in [0, 0.05) is 26.7 Å².